The molecule has 0 aromatic rings. The SMILES string of the molecule is CC(=O)N(CCNC(=O)C1CC1)C1CC1. The van der Waals surface area contributed by atoms with E-state index < -0.39 is 0 Å². The normalized spacial score (nSPS) is 19.8. The van der Waals surface area contributed by atoms with E-state index in [0.717, 1.165) is 25.7 Å². The summed E-state index contributed by atoms with van der Waals surface area (Å²) in [5.74, 6) is 0.546. The van der Waals surface area contributed by atoms with Gasteiger partial charge in [0.05, 0.1) is 0 Å². The molecule has 4 heteroatoms. The van der Waals surface area contributed by atoms with Crippen LogP contribution in [0.1, 0.15) is 32.6 Å². The summed E-state index contributed by atoms with van der Waals surface area (Å²) in [7, 11) is 0. The van der Waals surface area contributed by atoms with Crippen LogP contribution in [0.3, 0.4) is 0 Å². The molecule has 2 rings (SSSR count). The first kappa shape index (κ1) is 10.5. The number of carbonyl (C=O) groups is 2. The zero-order chi connectivity index (χ0) is 10.8. The molecule has 15 heavy (non-hydrogen) atoms. The Morgan fingerprint density at radius 2 is 1.93 bits per heavy atom. The molecule has 2 aliphatic carbocycles. The highest BCUT2D eigenvalue weighted by Crippen LogP contribution is 2.29. The van der Waals surface area contributed by atoms with Gasteiger partial charge in [-0.15, -0.1) is 0 Å². The lowest BCUT2D eigenvalue weighted by atomic mass is 10.4. The zero-order valence-corrected chi connectivity index (χ0v) is 9.16. The highest BCUT2D eigenvalue weighted by molar-refractivity contribution is 5.80. The summed E-state index contributed by atoms with van der Waals surface area (Å²) in [6, 6.07) is 0.445. The Hall–Kier alpha value is -1.06. The Morgan fingerprint density at radius 1 is 1.27 bits per heavy atom. The number of carbonyl (C=O) groups excluding carboxylic acids is 2. The van der Waals surface area contributed by atoms with Gasteiger partial charge in [0.1, 0.15) is 0 Å². The maximum absolute atomic E-state index is 11.3. The number of rotatable bonds is 5. The van der Waals surface area contributed by atoms with Crippen molar-refractivity contribution in [3.05, 3.63) is 0 Å². The summed E-state index contributed by atoms with van der Waals surface area (Å²) in [6.45, 7) is 2.87. The topological polar surface area (TPSA) is 49.4 Å². The Bertz CT molecular complexity index is 270. The molecular formula is C11H18N2O2. The summed E-state index contributed by atoms with van der Waals surface area (Å²) in [4.78, 5) is 24.5. The lowest BCUT2D eigenvalue weighted by molar-refractivity contribution is -0.130. The molecule has 2 amide bonds. The van der Waals surface area contributed by atoms with Gasteiger partial charge in [0.2, 0.25) is 11.8 Å². The zero-order valence-electron chi connectivity index (χ0n) is 9.16. The van der Waals surface area contributed by atoms with Crippen LogP contribution in [0.15, 0.2) is 0 Å². The van der Waals surface area contributed by atoms with Gasteiger partial charge in [-0.2, -0.15) is 0 Å². The number of amides is 2. The van der Waals surface area contributed by atoms with Gasteiger partial charge in [-0.05, 0) is 25.7 Å². The van der Waals surface area contributed by atoms with E-state index in [2.05, 4.69) is 5.32 Å². The second-order valence-electron chi connectivity index (χ2n) is 4.51. The molecule has 0 aliphatic heterocycles. The summed E-state index contributed by atoms with van der Waals surface area (Å²) >= 11 is 0. The second-order valence-corrected chi connectivity index (χ2v) is 4.51. The van der Waals surface area contributed by atoms with Crippen molar-refractivity contribution < 1.29 is 9.59 Å². The molecule has 2 saturated carbocycles. The molecule has 0 spiro atoms. The third kappa shape index (κ3) is 2.94. The van der Waals surface area contributed by atoms with Crippen molar-refractivity contribution in [1.29, 1.82) is 0 Å². The summed E-state index contributed by atoms with van der Waals surface area (Å²) in [5.41, 5.74) is 0. The highest BCUT2D eigenvalue weighted by atomic mass is 16.2. The first-order valence-electron chi connectivity index (χ1n) is 5.73. The van der Waals surface area contributed by atoms with Crippen molar-refractivity contribution in [3.63, 3.8) is 0 Å². The smallest absolute Gasteiger partial charge is 0.223 e. The van der Waals surface area contributed by atoms with Gasteiger partial charge < -0.3 is 10.2 Å². The number of hydrogen-bond acceptors (Lipinski definition) is 2. The predicted molar refractivity (Wildman–Crippen MR) is 56.1 cm³/mol. The van der Waals surface area contributed by atoms with Gasteiger partial charge in [-0.3, -0.25) is 9.59 Å². The Balaban J connectivity index is 1.66. The minimum absolute atomic E-state index is 0.123. The predicted octanol–water partition coefficient (Wildman–Crippen LogP) is 0.523. The van der Waals surface area contributed by atoms with E-state index in [1.54, 1.807) is 6.92 Å². The van der Waals surface area contributed by atoms with E-state index in [9.17, 15) is 9.59 Å². The fourth-order valence-electron chi connectivity index (χ4n) is 1.77. The molecule has 0 atom stereocenters. The Labute approximate surface area is 90.0 Å². The van der Waals surface area contributed by atoms with Crippen LogP contribution in [0.4, 0.5) is 0 Å². The lowest BCUT2D eigenvalue weighted by Crippen LogP contribution is -2.39. The fraction of sp³-hybridized carbons (Fsp3) is 0.818. The van der Waals surface area contributed by atoms with Crippen molar-refractivity contribution in [1.82, 2.24) is 10.2 Å². The fourth-order valence-corrected chi connectivity index (χ4v) is 1.77. The maximum Gasteiger partial charge on any atom is 0.223 e. The van der Waals surface area contributed by atoms with Gasteiger partial charge in [0, 0.05) is 32.0 Å². The average molecular weight is 210 g/mol. The third-order valence-electron chi connectivity index (χ3n) is 2.99. The summed E-state index contributed by atoms with van der Waals surface area (Å²) in [5, 5.41) is 2.88. The molecule has 0 saturated heterocycles. The molecule has 0 unspecified atom stereocenters. The van der Waals surface area contributed by atoms with Gasteiger partial charge >= 0.3 is 0 Å². The number of nitrogens with one attached hydrogen (secondary N) is 1. The number of nitrogens with zero attached hydrogens (tertiary/aromatic N) is 1. The van der Waals surface area contributed by atoms with Crippen LogP contribution in [0.25, 0.3) is 0 Å². The van der Waals surface area contributed by atoms with Crippen molar-refractivity contribution >= 4 is 11.8 Å². The van der Waals surface area contributed by atoms with Crippen LogP contribution in [0.2, 0.25) is 0 Å². The van der Waals surface area contributed by atoms with Crippen LogP contribution in [-0.2, 0) is 9.59 Å². The summed E-state index contributed by atoms with van der Waals surface area (Å²) < 4.78 is 0. The minimum Gasteiger partial charge on any atom is -0.354 e. The molecule has 2 fully saturated rings. The molecule has 0 heterocycles. The first-order chi connectivity index (χ1) is 7.18. The molecule has 0 aromatic carbocycles. The largest absolute Gasteiger partial charge is 0.354 e. The van der Waals surface area contributed by atoms with Crippen LogP contribution < -0.4 is 5.32 Å². The highest BCUT2D eigenvalue weighted by Gasteiger charge is 2.31. The van der Waals surface area contributed by atoms with Crippen LogP contribution in [-0.4, -0.2) is 35.8 Å². The van der Waals surface area contributed by atoms with E-state index in [4.69, 9.17) is 0 Å². The minimum atomic E-state index is 0.123. The molecule has 4 nitrogen and oxygen atoms in total. The van der Waals surface area contributed by atoms with Crippen molar-refractivity contribution in [2.24, 2.45) is 5.92 Å². The lowest BCUT2D eigenvalue weighted by Gasteiger charge is -2.20. The molecule has 1 N–H and O–H groups in total. The average Bonchev–Trinajstić information content (AvgIpc) is 3.04. The van der Waals surface area contributed by atoms with E-state index >= 15 is 0 Å². The van der Waals surface area contributed by atoms with Crippen LogP contribution >= 0.6 is 0 Å². The molecule has 2 aliphatic rings. The van der Waals surface area contributed by atoms with Crippen molar-refractivity contribution in [2.45, 2.75) is 38.6 Å². The van der Waals surface area contributed by atoms with E-state index in [0.29, 0.717) is 19.1 Å². The summed E-state index contributed by atoms with van der Waals surface area (Å²) in [6.07, 6.45) is 4.31. The first-order valence-corrected chi connectivity index (χ1v) is 5.73. The van der Waals surface area contributed by atoms with Gasteiger partial charge in [-0.25, -0.2) is 0 Å². The van der Waals surface area contributed by atoms with Crippen LogP contribution in [0.5, 0.6) is 0 Å². The second kappa shape index (κ2) is 4.21. The third-order valence-corrected chi connectivity index (χ3v) is 2.99. The Kier molecular flexibility index (Phi) is 2.93. The molecule has 0 bridgehead atoms. The van der Waals surface area contributed by atoms with Gasteiger partial charge in [0.25, 0.3) is 0 Å². The van der Waals surface area contributed by atoms with Crippen LogP contribution in [0, 0.1) is 5.92 Å². The number of hydrogen-bond donors (Lipinski definition) is 1. The van der Waals surface area contributed by atoms with E-state index in [-0.39, 0.29) is 17.7 Å². The van der Waals surface area contributed by atoms with Crippen molar-refractivity contribution in [3.8, 4) is 0 Å². The molecular weight excluding hydrogens is 192 g/mol. The Morgan fingerprint density at radius 3 is 2.40 bits per heavy atom. The van der Waals surface area contributed by atoms with Crippen molar-refractivity contribution in [2.75, 3.05) is 13.1 Å². The van der Waals surface area contributed by atoms with E-state index in [1.165, 1.54) is 0 Å². The molecule has 84 valence electrons. The monoisotopic (exact) mass is 210 g/mol. The quantitative estimate of drug-likeness (QED) is 0.719. The van der Waals surface area contributed by atoms with E-state index in [1.807, 2.05) is 4.90 Å². The molecule has 0 aromatic heterocycles. The van der Waals surface area contributed by atoms with Gasteiger partial charge in [-0.1, -0.05) is 0 Å². The maximum atomic E-state index is 11.3. The standard InChI is InChI=1S/C11H18N2O2/c1-8(14)13(10-4-5-10)7-6-12-11(15)9-2-3-9/h9-10H,2-7H2,1H3,(H,12,15). The molecule has 0 radical (unpaired) electrons. The van der Waals surface area contributed by atoms with Gasteiger partial charge in [0.15, 0.2) is 0 Å².